The van der Waals surface area contributed by atoms with Gasteiger partial charge in [-0.25, -0.2) is 0 Å². The van der Waals surface area contributed by atoms with Crippen molar-refractivity contribution in [3.63, 3.8) is 0 Å². The summed E-state index contributed by atoms with van der Waals surface area (Å²) in [5.41, 5.74) is 5.66. The van der Waals surface area contributed by atoms with E-state index in [2.05, 4.69) is 50.3 Å². The van der Waals surface area contributed by atoms with Crippen molar-refractivity contribution in [1.29, 1.82) is 0 Å². The van der Waals surface area contributed by atoms with E-state index in [0.29, 0.717) is 5.05 Å². The highest BCUT2D eigenvalue weighted by molar-refractivity contribution is 7.80. The highest BCUT2D eigenvalue weighted by Crippen LogP contribution is 2.28. The molecule has 0 bridgehead atoms. The molecule has 1 nitrogen and oxygen atoms in total. The van der Waals surface area contributed by atoms with E-state index in [0.717, 1.165) is 24.3 Å². The number of thiocarbonyl (C=S) groups is 1. The number of ether oxygens (including phenoxy) is 1. The van der Waals surface area contributed by atoms with Gasteiger partial charge < -0.3 is 4.74 Å². The van der Waals surface area contributed by atoms with Crippen molar-refractivity contribution in [3.8, 4) is 0 Å². The van der Waals surface area contributed by atoms with Crippen LogP contribution < -0.4 is 0 Å². The molecular formula is C27H38OS. The van der Waals surface area contributed by atoms with E-state index in [9.17, 15) is 0 Å². The van der Waals surface area contributed by atoms with Gasteiger partial charge in [0.25, 0.3) is 0 Å². The average Bonchev–Trinajstić information content (AvgIpc) is 2.75. The summed E-state index contributed by atoms with van der Waals surface area (Å²) in [6.45, 7) is 4.53. The second kappa shape index (κ2) is 11.7. The molecule has 2 heteroatoms. The number of hydrogen-bond acceptors (Lipinski definition) is 2. The Morgan fingerprint density at radius 3 is 2.48 bits per heavy atom. The van der Waals surface area contributed by atoms with E-state index in [4.69, 9.17) is 17.0 Å². The van der Waals surface area contributed by atoms with Crippen molar-refractivity contribution in [2.45, 2.75) is 97.0 Å². The minimum absolute atomic E-state index is 0.250. The summed E-state index contributed by atoms with van der Waals surface area (Å²) in [7, 11) is 0. The Morgan fingerprint density at radius 1 is 1.00 bits per heavy atom. The van der Waals surface area contributed by atoms with Crippen LogP contribution in [0.2, 0.25) is 0 Å². The van der Waals surface area contributed by atoms with Gasteiger partial charge in [0.05, 0.1) is 0 Å². The summed E-state index contributed by atoms with van der Waals surface area (Å²) in [4.78, 5) is 0. The fraction of sp³-hybridized carbons (Fsp3) is 0.593. The first-order valence-corrected chi connectivity index (χ1v) is 12.2. The predicted octanol–water partition coefficient (Wildman–Crippen LogP) is 8.12. The first kappa shape index (κ1) is 22.3. The van der Waals surface area contributed by atoms with Crippen LogP contribution >= 0.6 is 12.2 Å². The van der Waals surface area contributed by atoms with Crippen LogP contribution in [0.5, 0.6) is 0 Å². The average molecular weight is 411 g/mol. The lowest BCUT2D eigenvalue weighted by Gasteiger charge is -2.23. The highest BCUT2D eigenvalue weighted by atomic mass is 32.1. The summed E-state index contributed by atoms with van der Waals surface area (Å²) < 4.78 is 6.14. The lowest BCUT2D eigenvalue weighted by atomic mass is 9.86. The van der Waals surface area contributed by atoms with E-state index >= 15 is 0 Å². The Balaban J connectivity index is 1.41. The van der Waals surface area contributed by atoms with Crippen molar-refractivity contribution < 1.29 is 4.74 Å². The fourth-order valence-electron chi connectivity index (χ4n) is 4.48. The van der Waals surface area contributed by atoms with Gasteiger partial charge in [0.15, 0.2) is 5.05 Å². The zero-order valence-electron chi connectivity index (χ0n) is 18.4. The number of aryl methyl sites for hydroxylation is 1. The van der Waals surface area contributed by atoms with Gasteiger partial charge in [-0.1, -0.05) is 67.3 Å². The van der Waals surface area contributed by atoms with Crippen molar-refractivity contribution >= 4 is 17.3 Å². The molecule has 2 aliphatic carbocycles. The molecule has 29 heavy (non-hydrogen) atoms. The van der Waals surface area contributed by atoms with Crippen molar-refractivity contribution in [2.24, 2.45) is 5.92 Å². The third-order valence-corrected chi connectivity index (χ3v) is 6.94. The van der Waals surface area contributed by atoms with E-state index in [1.165, 1.54) is 69.8 Å². The molecule has 0 aliphatic heterocycles. The Bertz CT molecular complexity index is 713. The Hall–Kier alpha value is -1.41. The molecule has 0 amide bonds. The SMILES string of the molecule is CCCCCC1=CCC(OC(=S)c2ccc(CCC3CC=C(C)CC3)cc2)CC1. The normalized spacial score (nSPS) is 22.0. The fourth-order valence-corrected chi connectivity index (χ4v) is 4.75. The minimum atomic E-state index is 0.250. The second-order valence-corrected chi connectivity index (χ2v) is 9.42. The molecule has 3 rings (SSSR count). The topological polar surface area (TPSA) is 9.23 Å². The number of benzene rings is 1. The van der Waals surface area contributed by atoms with Gasteiger partial charge in [0, 0.05) is 12.0 Å². The maximum Gasteiger partial charge on any atom is 0.191 e. The Labute approximate surface area is 183 Å². The van der Waals surface area contributed by atoms with Crippen LogP contribution in [-0.4, -0.2) is 11.2 Å². The molecule has 2 unspecified atom stereocenters. The number of rotatable bonds is 9. The molecule has 1 aromatic carbocycles. The van der Waals surface area contributed by atoms with Crippen LogP contribution in [0.25, 0.3) is 0 Å². The maximum absolute atomic E-state index is 6.14. The van der Waals surface area contributed by atoms with Crippen LogP contribution in [-0.2, 0) is 11.2 Å². The van der Waals surface area contributed by atoms with Crippen LogP contribution in [0.4, 0.5) is 0 Å². The molecule has 0 saturated heterocycles. The number of hydrogen-bond donors (Lipinski definition) is 0. The Morgan fingerprint density at radius 2 is 1.83 bits per heavy atom. The quantitative estimate of drug-likeness (QED) is 0.231. The van der Waals surface area contributed by atoms with Gasteiger partial charge in [0.2, 0.25) is 0 Å². The van der Waals surface area contributed by atoms with E-state index in [-0.39, 0.29) is 6.10 Å². The molecule has 0 saturated carbocycles. The van der Waals surface area contributed by atoms with Crippen LogP contribution in [0.1, 0.15) is 95.6 Å². The molecule has 1 aromatic rings. The van der Waals surface area contributed by atoms with E-state index in [1.54, 1.807) is 11.1 Å². The summed E-state index contributed by atoms with van der Waals surface area (Å²) >= 11 is 5.59. The van der Waals surface area contributed by atoms with E-state index < -0.39 is 0 Å². The van der Waals surface area contributed by atoms with Crippen molar-refractivity contribution in [1.82, 2.24) is 0 Å². The summed E-state index contributed by atoms with van der Waals surface area (Å²) in [5, 5.41) is 0.664. The first-order valence-electron chi connectivity index (χ1n) is 11.8. The molecule has 0 spiro atoms. The smallest absolute Gasteiger partial charge is 0.191 e. The summed E-state index contributed by atoms with van der Waals surface area (Å²) in [6, 6.07) is 8.78. The van der Waals surface area contributed by atoms with E-state index in [1.807, 2.05) is 0 Å². The molecule has 0 aromatic heterocycles. The zero-order chi connectivity index (χ0) is 20.5. The lowest BCUT2D eigenvalue weighted by molar-refractivity contribution is 0.181. The lowest BCUT2D eigenvalue weighted by Crippen LogP contribution is -2.20. The van der Waals surface area contributed by atoms with Crippen LogP contribution in [0, 0.1) is 5.92 Å². The molecule has 0 heterocycles. The Kier molecular flexibility index (Phi) is 8.98. The molecule has 158 valence electrons. The van der Waals surface area contributed by atoms with Gasteiger partial charge in [-0.15, -0.1) is 0 Å². The third kappa shape index (κ3) is 7.41. The minimum Gasteiger partial charge on any atom is -0.479 e. The van der Waals surface area contributed by atoms with Crippen molar-refractivity contribution in [2.75, 3.05) is 0 Å². The molecule has 0 fully saturated rings. The summed E-state index contributed by atoms with van der Waals surface area (Å²) in [5.74, 6) is 0.856. The van der Waals surface area contributed by atoms with Gasteiger partial charge in [-0.05, 0) is 88.4 Å². The monoisotopic (exact) mass is 410 g/mol. The van der Waals surface area contributed by atoms with Gasteiger partial charge in [-0.3, -0.25) is 0 Å². The number of allylic oxidation sites excluding steroid dienone is 3. The molecule has 2 atom stereocenters. The molecule has 2 aliphatic rings. The standard InChI is InChI=1S/C27H38OS/c1-3-4-5-6-22-15-19-26(20-16-22)28-27(29)25-17-13-24(14-18-25)12-11-23-9-7-21(2)8-10-23/h7,13-15,17-18,23,26H,3-6,8-12,16,19-20H2,1-2H3. The predicted molar refractivity (Wildman–Crippen MR) is 129 cm³/mol. The maximum atomic E-state index is 6.14. The van der Waals surface area contributed by atoms with Gasteiger partial charge >= 0.3 is 0 Å². The molecule has 0 radical (unpaired) electrons. The zero-order valence-corrected chi connectivity index (χ0v) is 19.2. The largest absolute Gasteiger partial charge is 0.479 e. The third-order valence-electron chi connectivity index (χ3n) is 6.61. The van der Waals surface area contributed by atoms with Crippen molar-refractivity contribution in [3.05, 3.63) is 58.7 Å². The first-order chi connectivity index (χ1) is 14.1. The second-order valence-electron chi connectivity index (χ2n) is 9.05. The molecular weight excluding hydrogens is 372 g/mol. The summed E-state index contributed by atoms with van der Waals surface area (Å²) in [6.07, 6.45) is 20.0. The van der Waals surface area contributed by atoms with Crippen LogP contribution in [0.3, 0.4) is 0 Å². The van der Waals surface area contributed by atoms with Crippen LogP contribution in [0.15, 0.2) is 47.6 Å². The van der Waals surface area contributed by atoms with Gasteiger partial charge in [-0.2, -0.15) is 0 Å². The number of unbranched alkanes of at least 4 members (excludes halogenated alkanes) is 2. The highest BCUT2D eigenvalue weighted by Gasteiger charge is 2.18. The van der Waals surface area contributed by atoms with Gasteiger partial charge in [0.1, 0.15) is 6.10 Å². The molecule has 0 N–H and O–H groups in total.